The summed E-state index contributed by atoms with van der Waals surface area (Å²) in [5.74, 6) is 0.592. The summed E-state index contributed by atoms with van der Waals surface area (Å²) in [6.07, 6.45) is 2.28. The van der Waals surface area contributed by atoms with Gasteiger partial charge >= 0.3 is 0 Å². The van der Waals surface area contributed by atoms with E-state index in [1.807, 2.05) is 31.2 Å². The molecule has 0 heterocycles. The molecule has 1 aliphatic rings. The van der Waals surface area contributed by atoms with Crippen LogP contribution in [0.5, 0.6) is 0 Å². The Balaban J connectivity index is 1.97. The Labute approximate surface area is 122 Å². The van der Waals surface area contributed by atoms with E-state index < -0.39 is 10.0 Å². The molecule has 0 saturated heterocycles. The molecule has 1 atom stereocenters. The summed E-state index contributed by atoms with van der Waals surface area (Å²) in [6, 6.07) is 7.83. The van der Waals surface area contributed by atoms with Crippen LogP contribution in [0.25, 0.3) is 0 Å². The standard InChI is InChI=1S/C15H24N2O2S/c1-3-16-10-13-5-4-6-14(9-13)11-20(18,19)17-12(2)15-7-8-15/h4-6,9,12,15-17H,3,7-8,10-11H2,1-2H3. The zero-order chi connectivity index (χ0) is 14.6. The second-order valence-corrected chi connectivity index (χ2v) is 7.36. The molecular formula is C15H24N2O2S. The Morgan fingerprint density at radius 2 is 2.00 bits per heavy atom. The maximum atomic E-state index is 12.1. The third-order valence-electron chi connectivity index (χ3n) is 3.62. The van der Waals surface area contributed by atoms with Crippen LogP contribution in [0.4, 0.5) is 0 Å². The molecule has 5 heteroatoms. The normalized spacial score (nSPS) is 17.1. The van der Waals surface area contributed by atoms with Crippen LogP contribution in [0, 0.1) is 5.92 Å². The van der Waals surface area contributed by atoms with E-state index in [1.54, 1.807) is 0 Å². The zero-order valence-electron chi connectivity index (χ0n) is 12.2. The van der Waals surface area contributed by atoms with E-state index in [-0.39, 0.29) is 11.8 Å². The summed E-state index contributed by atoms with van der Waals surface area (Å²) < 4.78 is 27.1. The second kappa shape index (κ2) is 6.70. The summed E-state index contributed by atoms with van der Waals surface area (Å²) in [4.78, 5) is 0. The van der Waals surface area contributed by atoms with Crippen molar-refractivity contribution in [2.24, 2.45) is 5.92 Å². The van der Waals surface area contributed by atoms with Crippen molar-refractivity contribution in [3.63, 3.8) is 0 Å². The summed E-state index contributed by atoms with van der Waals surface area (Å²) in [5, 5.41) is 3.24. The number of nitrogens with one attached hydrogen (secondary N) is 2. The van der Waals surface area contributed by atoms with Crippen molar-refractivity contribution in [2.45, 2.75) is 45.0 Å². The van der Waals surface area contributed by atoms with Gasteiger partial charge in [0.15, 0.2) is 0 Å². The Kier molecular flexibility index (Phi) is 5.18. The van der Waals surface area contributed by atoms with Crippen molar-refractivity contribution in [3.8, 4) is 0 Å². The van der Waals surface area contributed by atoms with Gasteiger partial charge in [0.2, 0.25) is 10.0 Å². The van der Waals surface area contributed by atoms with Crippen molar-refractivity contribution in [3.05, 3.63) is 35.4 Å². The largest absolute Gasteiger partial charge is 0.313 e. The van der Waals surface area contributed by atoms with Crippen LogP contribution in [-0.2, 0) is 22.3 Å². The van der Waals surface area contributed by atoms with E-state index in [2.05, 4.69) is 17.0 Å². The van der Waals surface area contributed by atoms with Crippen molar-refractivity contribution in [2.75, 3.05) is 6.54 Å². The molecule has 0 spiro atoms. The topological polar surface area (TPSA) is 58.2 Å². The molecule has 0 radical (unpaired) electrons. The van der Waals surface area contributed by atoms with E-state index in [9.17, 15) is 8.42 Å². The molecule has 1 aromatic rings. The van der Waals surface area contributed by atoms with E-state index in [0.717, 1.165) is 37.1 Å². The number of hydrogen-bond donors (Lipinski definition) is 2. The van der Waals surface area contributed by atoms with Crippen molar-refractivity contribution in [1.82, 2.24) is 10.0 Å². The first-order chi connectivity index (χ1) is 9.50. The minimum Gasteiger partial charge on any atom is -0.313 e. The van der Waals surface area contributed by atoms with Gasteiger partial charge in [-0.1, -0.05) is 31.2 Å². The highest BCUT2D eigenvalue weighted by Crippen LogP contribution is 2.32. The highest BCUT2D eigenvalue weighted by Gasteiger charge is 2.30. The molecule has 0 aliphatic heterocycles. The monoisotopic (exact) mass is 296 g/mol. The lowest BCUT2D eigenvalue weighted by molar-refractivity contribution is 0.537. The van der Waals surface area contributed by atoms with E-state index in [1.165, 1.54) is 0 Å². The third kappa shape index (κ3) is 4.89. The minimum absolute atomic E-state index is 0.0595. The predicted molar refractivity (Wildman–Crippen MR) is 81.8 cm³/mol. The number of hydrogen-bond acceptors (Lipinski definition) is 3. The van der Waals surface area contributed by atoms with Gasteiger partial charge in [-0.15, -0.1) is 0 Å². The van der Waals surface area contributed by atoms with Gasteiger partial charge in [-0.25, -0.2) is 13.1 Å². The van der Waals surface area contributed by atoms with Crippen molar-refractivity contribution in [1.29, 1.82) is 0 Å². The Bertz CT molecular complexity index is 539. The highest BCUT2D eigenvalue weighted by atomic mass is 32.2. The van der Waals surface area contributed by atoms with Gasteiger partial charge in [-0.05, 0) is 43.4 Å². The summed E-state index contributed by atoms with van der Waals surface area (Å²) in [5.41, 5.74) is 1.96. The molecule has 1 saturated carbocycles. The SMILES string of the molecule is CCNCc1cccc(CS(=O)(=O)NC(C)C2CC2)c1. The predicted octanol–water partition coefficient (Wildman–Crippen LogP) is 2.01. The van der Waals surface area contributed by atoms with Crippen LogP contribution in [0.3, 0.4) is 0 Å². The molecule has 1 aliphatic carbocycles. The van der Waals surface area contributed by atoms with E-state index in [4.69, 9.17) is 0 Å². The maximum absolute atomic E-state index is 12.1. The van der Waals surface area contributed by atoms with Gasteiger partial charge in [0.1, 0.15) is 0 Å². The average Bonchev–Trinajstić information content (AvgIpc) is 3.19. The van der Waals surface area contributed by atoms with Crippen molar-refractivity contribution < 1.29 is 8.42 Å². The summed E-state index contributed by atoms with van der Waals surface area (Å²) in [6.45, 7) is 5.69. The first-order valence-corrected chi connectivity index (χ1v) is 8.94. The molecule has 112 valence electrons. The maximum Gasteiger partial charge on any atom is 0.216 e. The van der Waals surface area contributed by atoms with E-state index >= 15 is 0 Å². The fourth-order valence-corrected chi connectivity index (χ4v) is 3.80. The molecule has 0 bridgehead atoms. The van der Waals surface area contributed by atoms with Crippen LogP contribution in [0.1, 0.15) is 37.8 Å². The lowest BCUT2D eigenvalue weighted by Gasteiger charge is -2.13. The average molecular weight is 296 g/mol. The molecule has 1 fully saturated rings. The lowest BCUT2D eigenvalue weighted by Crippen LogP contribution is -2.34. The van der Waals surface area contributed by atoms with Crippen LogP contribution < -0.4 is 10.0 Å². The van der Waals surface area contributed by atoms with Gasteiger partial charge in [0, 0.05) is 12.6 Å². The number of benzene rings is 1. The molecule has 20 heavy (non-hydrogen) atoms. The third-order valence-corrected chi connectivity index (χ3v) is 5.07. The van der Waals surface area contributed by atoms with Gasteiger partial charge in [0.25, 0.3) is 0 Å². The Morgan fingerprint density at radius 1 is 1.30 bits per heavy atom. The highest BCUT2D eigenvalue weighted by molar-refractivity contribution is 7.88. The number of sulfonamides is 1. The van der Waals surface area contributed by atoms with Crippen LogP contribution >= 0.6 is 0 Å². The summed E-state index contributed by atoms with van der Waals surface area (Å²) >= 11 is 0. The molecule has 2 N–H and O–H groups in total. The van der Waals surface area contributed by atoms with E-state index in [0.29, 0.717) is 5.92 Å². The minimum atomic E-state index is -3.25. The fraction of sp³-hybridized carbons (Fsp3) is 0.600. The first kappa shape index (κ1) is 15.5. The smallest absolute Gasteiger partial charge is 0.216 e. The quantitative estimate of drug-likeness (QED) is 0.771. The van der Waals surface area contributed by atoms with Crippen LogP contribution in [-0.4, -0.2) is 21.0 Å². The molecule has 1 aromatic carbocycles. The molecule has 0 aromatic heterocycles. The molecule has 2 rings (SSSR count). The van der Waals surface area contributed by atoms with Crippen LogP contribution in [0.2, 0.25) is 0 Å². The van der Waals surface area contributed by atoms with Crippen molar-refractivity contribution >= 4 is 10.0 Å². The second-order valence-electron chi connectivity index (χ2n) is 5.60. The Hall–Kier alpha value is -0.910. The molecular weight excluding hydrogens is 272 g/mol. The Morgan fingerprint density at radius 3 is 2.65 bits per heavy atom. The fourth-order valence-electron chi connectivity index (χ4n) is 2.34. The van der Waals surface area contributed by atoms with Gasteiger partial charge in [-0.2, -0.15) is 0 Å². The first-order valence-electron chi connectivity index (χ1n) is 7.28. The zero-order valence-corrected chi connectivity index (χ0v) is 13.0. The van der Waals surface area contributed by atoms with Gasteiger partial charge in [-0.3, -0.25) is 0 Å². The van der Waals surface area contributed by atoms with Gasteiger partial charge in [0.05, 0.1) is 5.75 Å². The molecule has 1 unspecified atom stereocenters. The van der Waals surface area contributed by atoms with Gasteiger partial charge < -0.3 is 5.32 Å². The molecule has 4 nitrogen and oxygen atoms in total. The van der Waals surface area contributed by atoms with Crippen LogP contribution in [0.15, 0.2) is 24.3 Å². The lowest BCUT2D eigenvalue weighted by atomic mass is 10.1. The summed E-state index contributed by atoms with van der Waals surface area (Å²) in [7, 11) is -3.25. The number of rotatable bonds is 8. The molecule has 0 amide bonds.